The third kappa shape index (κ3) is 3.21. The first-order valence-corrected chi connectivity index (χ1v) is 6.66. The van der Waals surface area contributed by atoms with Gasteiger partial charge < -0.3 is 11.1 Å². The van der Waals surface area contributed by atoms with E-state index in [0.717, 1.165) is 17.9 Å². The molecular weight excluding hydrogens is 228 g/mol. The second kappa shape index (κ2) is 5.84. The molecule has 18 heavy (non-hydrogen) atoms. The predicted octanol–water partition coefficient (Wildman–Crippen LogP) is 0.953. The highest BCUT2D eigenvalue weighted by Crippen LogP contribution is 2.17. The summed E-state index contributed by atoms with van der Waals surface area (Å²) in [7, 11) is 0. The van der Waals surface area contributed by atoms with Gasteiger partial charge in [-0.1, -0.05) is 12.8 Å². The standard InChI is InChI=1S/C12H22N6/c1-3-18-16-9(2)11(17-18)8-14-12(13)15-10-6-4-5-7-10/h10H,3-8H2,1-2H3,(H3,13,14,15). The fourth-order valence-corrected chi connectivity index (χ4v) is 2.24. The first-order chi connectivity index (χ1) is 8.69. The summed E-state index contributed by atoms with van der Waals surface area (Å²) in [5, 5.41) is 11.9. The van der Waals surface area contributed by atoms with Crippen LogP contribution in [0.25, 0.3) is 0 Å². The molecule has 0 radical (unpaired) electrons. The molecule has 1 aromatic heterocycles. The van der Waals surface area contributed by atoms with Crippen molar-refractivity contribution < 1.29 is 0 Å². The maximum atomic E-state index is 5.87. The molecular formula is C12H22N6. The van der Waals surface area contributed by atoms with Crippen LogP contribution in [-0.4, -0.2) is 27.0 Å². The molecule has 0 unspecified atom stereocenters. The number of aryl methyl sites for hydroxylation is 2. The van der Waals surface area contributed by atoms with Gasteiger partial charge in [0.1, 0.15) is 5.69 Å². The predicted molar refractivity (Wildman–Crippen MR) is 71.2 cm³/mol. The van der Waals surface area contributed by atoms with E-state index in [-0.39, 0.29) is 0 Å². The molecule has 0 spiro atoms. The Hall–Kier alpha value is -1.59. The van der Waals surface area contributed by atoms with Gasteiger partial charge in [0.05, 0.1) is 18.8 Å². The van der Waals surface area contributed by atoms with Crippen molar-refractivity contribution in [1.29, 1.82) is 0 Å². The molecule has 1 saturated carbocycles. The van der Waals surface area contributed by atoms with Crippen molar-refractivity contribution in [2.45, 2.75) is 58.7 Å². The summed E-state index contributed by atoms with van der Waals surface area (Å²) in [5.74, 6) is 0.521. The van der Waals surface area contributed by atoms with Crippen molar-refractivity contribution in [3.8, 4) is 0 Å². The van der Waals surface area contributed by atoms with Crippen LogP contribution in [0.1, 0.15) is 44.0 Å². The van der Waals surface area contributed by atoms with E-state index in [0.29, 0.717) is 18.5 Å². The minimum Gasteiger partial charge on any atom is -0.370 e. The summed E-state index contributed by atoms with van der Waals surface area (Å²) in [4.78, 5) is 6.02. The molecule has 0 bridgehead atoms. The second-order valence-electron chi connectivity index (χ2n) is 4.75. The zero-order chi connectivity index (χ0) is 13.0. The monoisotopic (exact) mass is 250 g/mol. The SMILES string of the molecule is CCn1nc(C)c(CN=C(N)NC2CCCC2)n1. The Morgan fingerprint density at radius 3 is 2.78 bits per heavy atom. The Bertz CT molecular complexity index is 416. The fourth-order valence-electron chi connectivity index (χ4n) is 2.24. The molecule has 0 saturated heterocycles. The third-order valence-electron chi connectivity index (χ3n) is 3.31. The zero-order valence-corrected chi connectivity index (χ0v) is 11.2. The Morgan fingerprint density at radius 1 is 1.44 bits per heavy atom. The highest BCUT2D eigenvalue weighted by molar-refractivity contribution is 5.78. The molecule has 1 aromatic rings. The van der Waals surface area contributed by atoms with Crippen molar-refractivity contribution in [1.82, 2.24) is 20.3 Å². The molecule has 0 aliphatic heterocycles. The number of aromatic nitrogens is 3. The molecule has 2 rings (SSSR count). The minimum absolute atomic E-state index is 0.497. The van der Waals surface area contributed by atoms with Gasteiger partial charge in [0.25, 0.3) is 0 Å². The quantitative estimate of drug-likeness (QED) is 0.616. The number of rotatable bonds is 4. The lowest BCUT2D eigenvalue weighted by molar-refractivity contribution is 0.561. The molecule has 1 aliphatic rings. The highest BCUT2D eigenvalue weighted by atomic mass is 15.5. The summed E-state index contributed by atoms with van der Waals surface area (Å²) >= 11 is 0. The van der Waals surface area contributed by atoms with Gasteiger partial charge in [0.15, 0.2) is 5.96 Å². The molecule has 1 heterocycles. The number of hydrogen-bond donors (Lipinski definition) is 2. The first kappa shape index (κ1) is 12.9. The van der Waals surface area contributed by atoms with Crippen molar-refractivity contribution >= 4 is 5.96 Å². The number of hydrogen-bond acceptors (Lipinski definition) is 3. The van der Waals surface area contributed by atoms with E-state index < -0.39 is 0 Å². The Morgan fingerprint density at radius 2 is 2.17 bits per heavy atom. The molecule has 3 N–H and O–H groups in total. The Balaban J connectivity index is 1.89. The van der Waals surface area contributed by atoms with E-state index >= 15 is 0 Å². The van der Waals surface area contributed by atoms with E-state index in [1.165, 1.54) is 25.7 Å². The van der Waals surface area contributed by atoms with Crippen LogP contribution in [0.4, 0.5) is 0 Å². The summed E-state index contributed by atoms with van der Waals surface area (Å²) in [6.07, 6.45) is 4.96. The molecule has 0 aromatic carbocycles. The Kier molecular flexibility index (Phi) is 4.17. The second-order valence-corrected chi connectivity index (χ2v) is 4.75. The van der Waals surface area contributed by atoms with Crippen LogP contribution < -0.4 is 11.1 Å². The lowest BCUT2D eigenvalue weighted by atomic mass is 10.2. The molecule has 1 fully saturated rings. The Labute approximate surface area is 108 Å². The maximum absolute atomic E-state index is 5.87. The highest BCUT2D eigenvalue weighted by Gasteiger charge is 2.15. The van der Waals surface area contributed by atoms with Crippen LogP contribution in [0, 0.1) is 6.92 Å². The summed E-state index contributed by atoms with van der Waals surface area (Å²) < 4.78 is 0. The average Bonchev–Trinajstić information content (AvgIpc) is 2.96. The maximum Gasteiger partial charge on any atom is 0.189 e. The number of guanidine groups is 1. The van der Waals surface area contributed by atoms with Crippen LogP contribution in [0.3, 0.4) is 0 Å². The largest absolute Gasteiger partial charge is 0.370 e. The van der Waals surface area contributed by atoms with Gasteiger partial charge in [-0.15, -0.1) is 0 Å². The molecule has 100 valence electrons. The zero-order valence-electron chi connectivity index (χ0n) is 11.2. The lowest BCUT2D eigenvalue weighted by Crippen LogP contribution is -2.38. The number of nitrogens with one attached hydrogen (secondary N) is 1. The van der Waals surface area contributed by atoms with Crippen molar-refractivity contribution in [2.24, 2.45) is 10.7 Å². The van der Waals surface area contributed by atoms with Gasteiger partial charge in [-0.2, -0.15) is 15.0 Å². The van der Waals surface area contributed by atoms with Gasteiger partial charge in [0.2, 0.25) is 0 Å². The number of aliphatic imine (C=N–C) groups is 1. The van der Waals surface area contributed by atoms with E-state index in [2.05, 4.69) is 20.5 Å². The van der Waals surface area contributed by atoms with Crippen molar-refractivity contribution in [3.63, 3.8) is 0 Å². The first-order valence-electron chi connectivity index (χ1n) is 6.66. The van der Waals surface area contributed by atoms with Crippen LogP contribution in [0.15, 0.2) is 4.99 Å². The number of nitrogens with zero attached hydrogens (tertiary/aromatic N) is 4. The van der Waals surface area contributed by atoms with E-state index in [4.69, 9.17) is 5.73 Å². The number of nitrogens with two attached hydrogens (primary N) is 1. The molecule has 1 aliphatic carbocycles. The molecule has 6 nitrogen and oxygen atoms in total. The minimum atomic E-state index is 0.497. The van der Waals surface area contributed by atoms with Crippen molar-refractivity contribution in [3.05, 3.63) is 11.4 Å². The summed E-state index contributed by atoms with van der Waals surface area (Å²) in [5.41, 5.74) is 7.70. The van der Waals surface area contributed by atoms with Gasteiger partial charge in [-0.05, 0) is 26.7 Å². The van der Waals surface area contributed by atoms with Crippen LogP contribution in [0.5, 0.6) is 0 Å². The smallest absolute Gasteiger partial charge is 0.189 e. The lowest BCUT2D eigenvalue weighted by Gasteiger charge is -2.11. The van der Waals surface area contributed by atoms with Gasteiger partial charge >= 0.3 is 0 Å². The molecule has 6 heteroatoms. The third-order valence-corrected chi connectivity index (χ3v) is 3.31. The fraction of sp³-hybridized carbons (Fsp3) is 0.750. The van der Waals surface area contributed by atoms with E-state index in [1.54, 1.807) is 4.80 Å². The van der Waals surface area contributed by atoms with Crippen LogP contribution in [0.2, 0.25) is 0 Å². The van der Waals surface area contributed by atoms with E-state index in [9.17, 15) is 0 Å². The van der Waals surface area contributed by atoms with Gasteiger partial charge in [-0.25, -0.2) is 4.99 Å². The molecule has 0 amide bonds. The normalized spacial score (nSPS) is 17.3. The summed E-state index contributed by atoms with van der Waals surface area (Å²) in [6, 6.07) is 0.501. The van der Waals surface area contributed by atoms with Crippen LogP contribution in [-0.2, 0) is 13.1 Å². The average molecular weight is 250 g/mol. The van der Waals surface area contributed by atoms with E-state index in [1.807, 2.05) is 13.8 Å². The summed E-state index contributed by atoms with van der Waals surface area (Å²) in [6.45, 7) is 5.24. The topological polar surface area (TPSA) is 81.1 Å². The van der Waals surface area contributed by atoms with Gasteiger partial charge in [-0.3, -0.25) is 0 Å². The molecule has 0 atom stereocenters. The van der Waals surface area contributed by atoms with Crippen molar-refractivity contribution in [2.75, 3.05) is 0 Å². The van der Waals surface area contributed by atoms with Gasteiger partial charge in [0, 0.05) is 6.04 Å². The van der Waals surface area contributed by atoms with Crippen LogP contribution >= 0.6 is 0 Å².